The minimum absolute atomic E-state index is 0.381. The number of urea groups is 1. The summed E-state index contributed by atoms with van der Waals surface area (Å²) in [4.78, 5) is 27.5. The molecule has 3 aromatic rings. The first-order valence-corrected chi connectivity index (χ1v) is 11.7. The highest BCUT2D eigenvalue weighted by Crippen LogP contribution is 2.41. The van der Waals surface area contributed by atoms with Gasteiger partial charge in [-0.3, -0.25) is 4.90 Å². The van der Waals surface area contributed by atoms with Gasteiger partial charge in [0.25, 0.3) is 0 Å². The maximum Gasteiger partial charge on any atom is 0.330 e. The van der Waals surface area contributed by atoms with E-state index in [0.29, 0.717) is 29.4 Å². The van der Waals surface area contributed by atoms with Crippen LogP contribution in [0.1, 0.15) is 31.4 Å². The van der Waals surface area contributed by atoms with Gasteiger partial charge in [0.05, 0.1) is 26.9 Å². The van der Waals surface area contributed by atoms with E-state index in [4.69, 9.17) is 14.2 Å². The van der Waals surface area contributed by atoms with Gasteiger partial charge in [-0.15, -0.1) is 0 Å². The molecule has 7 heteroatoms. The summed E-state index contributed by atoms with van der Waals surface area (Å²) < 4.78 is 16.5. The maximum absolute atomic E-state index is 13.2. The molecule has 35 heavy (non-hydrogen) atoms. The predicted octanol–water partition coefficient (Wildman–Crippen LogP) is 5.35. The van der Waals surface area contributed by atoms with Crippen LogP contribution in [0.15, 0.2) is 72.8 Å². The summed E-state index contributed by atoms with van der Waals surface area (Å²) in [5.74, 6) is 0.673. The third-order valence-corrected chi connectivity index (χ3v) is 6.09. The largest absolute Gasteiger partial charge is 0.497 e. The number of benzene rings is 3. The summed E-state index contributed by atoms with van der Waals surface area (Å²) in [5, 5.41) is 2.80. The molecule has 1 heterocycles. The van der Waals surface area contributed by atoms with Crippen LogP contribution in [0.4, 0.5) is 10.5 Å². The van der Waals surface area contributed by atoms with Crippen LogP contribution in [-0.2, 0) is 9.53 Å². The summed E-state index contributed by atoms with van der Waals surface area (Å²) in [6.07, 6.45) is 1.86. The van der Waals surface area contributed by atoms with Gasteiger partial charge in [0, 0.05) is 17.3 Å². The van der Waals surface area contributed by atoms with Crippen molar-refractivity contribution in [3.63, 3.8) is 0 Å². The highest BCUT2D eigenvalue weighted by atomic mass is 16.5. The average Bonchev–Trinajstić information content (AvgIpc) is 3.25. The zero-order chi connectivity index (χ0) is 24.8. The van der Waals surface area contributed by atoms with E-state index in [0.717, 1.165) is 24.0 Å². The Bertz CT molecular complexity index is 1160. The number of carbonyl (C=O) groups excluding carboxylic acids is 2. The number of amides is 2. The lowest BCUT2D eigenvalue weighted by molar-refractivity contribution is -0.142. The lowest BCUT2D eigenvalue weighted by atomic mass is 9.97. The van der Waals surface area contributed by atoms with E-state index >= 15 is 0 Å². The van der Waals surface area contributed by atoms with Crippen molar-refractivity contribution in [1.29, 1.82) is 0 Å². The number of ether oxygens (including phenoxy) is 3. The van der Waals surface area contributed by atoms with Gasteiger partial charge in [-0.05, 0) is 41.8 Å². The maximum atomic E-state index is 13.2. The molecular weight excluding hydrogens is 444 g/mol. The predicted molar refractivity (Wildman–Crippen MR) is 135 cm³/mol. The van der Waals surface area contributed by atoms with Crippen molar-refractivity contribution in [2.45, 2.75) is 31.8 Å². The Labute approximate surface area is 205 Å². The molecule has 0 radical (unpaired) electrons. The second-order valence-corrected chi connectivity index (χ2v) is 8.28. The molecule has 1 N–H and O–H groups in total. The topological polar surface area (TPSA) is 77.1 Å². The molecule has 2 amide bonds. The number of rotatable bonds is 9. The fourth-order valence-corrected chi connectivity index (χ4v) is 4.25. The zero-order valence-electron chi connectivity index (χ0n) is 20.2. The van der Waals surface area contributed by atoms with Gasteiger partial charge in [-0.1, -0.05) is 55.8 Å². The standard InChI is InChI=1S/C28H30N2O5/c1-4-5-17-35-24-18-22(33-2)15-16-23(24)26-25(27(31)34-3)29-28(32)30(26)21-13-11-20(12-14-21)19-9-7-6-8-10-19/h6-16,18,25-26H,4-5,17H2,1-3H3,(H,29,32)/t25-,26-/m1/s1. The summed E-state index contributed by atoms with van der Waals surface area (Å²) in [6, 6.07) is 21.2. The number of nitrogens with zero attached hydrogens (tertiary/aromatic N) is 1. The molecule has 4 rings (SSSR count). The number of hydrogen-bond donors (Lipinski definition) is 1. The number of unbranched alkanes of at least 4 members (excludes halogenated alkanes) is 1. The first kappa shape index (κ1) is 24.1. The lowest BCUT2D eigenvalue weighted by Crippen LogP contribution is -2.37. The molecule has 2 atom stereocenters. The SMILES string of the molecule is CCCCOc1cc(OC)ccc1[C@@H]1[C@H](C(=O)OC)NC(=O)N1c1ccc(-c2ccccc2)cc1. The Morgan fingerprint density at radius 2 is 1.69 bits per heavy atom. The minimum atomic E-state index is -0.900. The van der Waals surface area contributed by atoms with E-state index in [2.05, 4.69) is 12.2 Å². The lowest BCUT2D eigenvalue weighted by Gasteiger charge is -2.28. The summed E-state index contributed by atoms with van der Waals surface area (Å²) in [7, 11) is 2.90. The minimum Gasteiger partial charge on any atom is -0.497 e. The second kappa shape index (κ2) is 11.0. The van der Waals surface area contributed by atoms with Gasteiger partial charge in [0.15, 0.2) is 6.04 Å². The molecule has 1 aliphatic rings. The second-order valence-electron chi connectivity index (χ2n) is 8.28. The smallest absolute Gasteiger partial charge is 0.330 e. The molecule has 1 aliphatic heterocycles. The van der Waals surface area contributed by atoms with Crippen LogP contribution < -0.4 is 19.7 Å². The normalized spacial score (nSPS) is 17.1. The molecule has 0 saturated carbocycles. The molecule has 0 aliphatic carbocycles. The van der Waals surface area contributed by atoms with E-state index in [1.165, 1.54) is 7.11 Å². The Morgan fingerprint density at radius 3 is 2.34 bits per heavy atom. The van der Waals surface area contributed by atoms with Crippen LogP contribution in [0.2, 0.25) is 0 Å². The van der Waals surface area contributed by atoms with Gasteiger partial charge >= 0.3 is 12.0 Å². The highest BCUT2D eigenvalue weighted by molar-refractivity contribution is 6.01. The van der Waals surface area contributed by atoms with E-state index in [-0.39, 0.29) is 6.03 Å². The monoisotopic (exact) mass is 474 g/mol. The number of anilines is 1. The number of nitrogens with one attached hydrogen (secondary N) is 1. The number of carbonyl (C=O) groups is 2. The molecule has 0 bridgehead atoms. The molecular formula is C28H30N2O5. The Hall–Kier alpha value is -4.00. The molecule has 182 valence electrons. The van der Waals surface area contributed by atoms with E-state index in [9.17, 15) is 9.59 Å². The van der Waals surface area contributed by atoms with Crippen LogP contribution in [0.25, 0.3) is 11.1 Å². The zero-order valence-corrected chi connectivity index (χ0v) is 20.2. The van der Waals surface area contributed by atoms with Crippen LogP contribution in [0.3, 0.4) is 0 Å². The van der Waals surface area contributed by atoms with Gasteiger partial charge in [-0.2, -0.15) is 0 Å². The van der Waals surface area contributed by atoms with E-state index in [1.54, 1.807) is 24.1 Å². The van der Waals surface area contributed by atoms with Crippen LogP contribution in [0.5, 0.6) is 11.5 Å². The quantitative estimate of drug-likeness (QED) is 0.334. The summed E-state index contributed by atoms with van der Waals surface area (Å²) in [6.45, 7) is 2.60. The number of methoxy groups -OCH3 is 2. The van der Waals surface area contributed by atoms with E-state index in [1.807, 2.05) is 60.7 Å². The third kappa shape index (κ3) is 5.09. The van der Waals surface area contributed by atoms with E-state index < -0.39 is 18.1 Å². The Kier molecular flexibility index (Phi) is 7.55. The number of esters is 1. The van der Waals surface area contributed by atoms with Crippen molar-refractivity contribution in [2.75, 3.05) is 25.7 Å². The molecule has 0 spiro atoms. The van der Waals surface area contributed by atoms with Gasteiger partial charge < -0.3 is 19.5 Å². The van der Waals surface area contributed by atoms with Crippen LogP contribution in [-0.4, -0.2) is 38.9 Å². The first-order chi connectivity index (χ1) is 17.1. The first-order valence-electron chi connectivity index (χ1n) is 11.7. The van der Waals surface area contributed by atoms with Crippen molar-refractivity contribution >= 4 is 17.7 Å². The van der Waals surface area contributed by atoms with Crippen molar-refractivity contribution < 1.29 is 23.8 Å². The molecule has 1 fully saturated rings. The van der Waals surface area contributed by atoms with Crippen molar-refractivity contribution in [3.8, 4) is 22.6 Å². The van der Waals surface area contributed by atoms with Gasteiger partial charge in [0.2, 0.25) is 0 Å². The average molecular weight is 475 g/mol. The summed E-state index contributed by atoms with van der Waals surface area (Å²) >= 11 is 0. The fraction of sp³-hybridized carbons (Fsp3) is 0.286. The van der Waals surface area contributed by atoms with Gasteiger partial charge in [0.1, 0.15) is 11.5 Å². The summed E-state index contributed by atoms with van der Waals surface area (Å²) in [5.41, 5.74) is 3.47. The number of hydrogen-bond acceptors (Lipinski definition) is 5. The molecule has 7 nitrogen and oxygen atoms in total. The van der Waals surface area contributed by atoms with Crippen molar-refractivity contribution in [3.05, 3.63) is 78.4 Å². The molecule has 0 unspecified atom stereocenters. The fourth-order valence-electron chi connectivity index (χ4n) is 4.25. The van der Waals surface area contributed by atoms with Gasteiger partial charge in [-0.25, -0.2) is 9.59 Å². The Morgan fingerprint density at radius 1 is 0.971 bits per heavy atom. The van der Waals surface area contributed by atoms with Crippen LogP contribution in [0, 0.1) is 0 Å². The molecule has 1 saturated heterocycles. The van der Waals surface area contributed by atoms with Crippen molar-refractivity contribution in [2.24, 2.45) is 0 Å². The molecule has 3 aromatic carbocycles. The van der Waals surface area contributed by atoms with Crippen molar-refractivity contribution in [1.82, 2.24) is 5.32 Å². The van der Waals surface area contributed by atoms with Crippen LogP contribution >= 0.6 is 0 Å². The highest BCUT2D eigenvalue weighted by Gasteiger charge is 2.47. The molecule has 0 aromatic heterocycles. The third-order valence-electron chi connectivity index (χ3n) is 6.09. The Balaban J connectivity index is 1.76.